The first kappa shape index (κ1) is 17.7. The van der Waals surface area contributed by atoms with E-state index in [1.165, 1.54) is 0 Å². The number of piperidine rings is 1. The van der Waals surface area contributed by atoms with Crippen LogP contribution in [-0.2, 0) is 9.53 Å². The Kier molecular flexibility index (Phi) is 6.37. The summed E-state index contributed by atoms with van der Waals surface area (Å²) in [6, 6.07) is 9.98. The number of hydrogen-bond donors (Lipinski definition) is 0. The SMILES string of the molecule is C=CCN1CCC(COC)(N(C(=O)CC)c2ccccc2)CC1. The van der Waals surface area contributed by atoms with Crippen LogP contribution in [0.15, 0.2) is 43.0 Å². The van der Waals surface area contributed by atoms with Crippen LogP contribution in [0.5, 0.6) is 0 Å². The van der Waals surface area contributed by atoms with Crippen molar-refractivity contribution in [1.82, 2.24) is 4.90 Å². The van der Waals surface area contributed by atoms with Crippen molar-refractivity contribution >= 4 is 11.6 Å². The summed E-state index contributed by atoms with van der Waals surface area (Å²) < 4.78 is 5.54. The van der Waals surface area contributed by atoms with Crippen molar-refractivity contribution in [1.29, 1.82) is 0 Å². The highest BCUT2D eigenvalue weighted by Gasteiger charge is 2.42. The van der Waals surface area contributed by atoms with Crippen LogP contribution in [0.3, 0.4) is 0 Å². The van der Waals surface area contributed by atoms with Crippen molar-refractivity contribution in [3.05, 3.63) is 43.0 Å². The van der Waals surface area contributed by atoms with Gasteiger partial charge in [0.25, 0.3) is 0 Å². The predicted octanol–water partition coefficient (Wildman–Crippen LogP) is 3.10. The minimum absolute atomic E-state index is 0.158. The molecule has 1 aromatic rings. The van der Waals surface area contributed by atoms with Gasteiger partial charge in [-0.15, -0.1) is 6.58 Å². The molecule has 1 saturated heterocycles. The minimum Gasteiger partial charge on any atom is -0.382 e. The van der Waals surface area contributed by atoms with Crippen molar-refractivity contribution in [2.75, 3.05) is 38.3 Å². The van der Waals surface area contributed by atoms with Crippen LogP contribution < -0.4 is 4.90 Å². The maximum atomic E-state index is 12.7. The fourth-order valence-electron chi connectivity index (χ4n) is 3.45. The van der Waals surface area contributed by atoms with E-state index in [4.69, 9.17) is 4.74 Å². The number of methoxy groups -OCH3 is 1. The Morgan fingerprint density at radius 1 is 1.35 bits per heavy atom. The monoisotopic (exact) mass is 316 g/mol. The number of hydrogen-bond acceptors (Lipinski definition) is 3. The van der Waals surface area contributed by atoms with Gasteiger partial charge in [-0.3, -0.25) is 9.69 Å². The second-order valence-corrected chi connectivity index (χ2v) is 6.16. The molecule has 0 saturated carbocycles. The van der Waals surface area contributed by atoms with E-state index < -0.39 is 0 Å². The van der Waals surface area contributed by atoms with E-state index in [0.29, 0.717) is 13.0 Å². The molecule has 4 nitrogen and oxygen atoms in total. The second kappa shape index (κ2) is 8.27. The average Bonchev–Trinajstić information content (AvgIpc) is 2.58. The van der Waals surface area contributed by atoms with E-state index in [0.717, 1.165) is 38.2 Å². The van der Waals surface area contributed by atoms with Gasteiger partial charge in [0.2, 0.25) is 5.91 Å². The summed E-state index contributed by atoms with van der Waals surface area (Å²) in [5.74, 6) is 0.158. The molecule has 1 fully saturated rings. The van der Waals surface area contributed by atoms with Crippen LogP contribution in [0.25, 0.3) is 0 Å². The van der Waals surface area contributed by atoms with E-state index in [1.807, 2.05) is 48.2 Å². The fourth-order valence-corrected chi connectivity index (χ4v) is 3.45. The quantitative estimate of drug-likeness (QED) is 0.725. The lowest BCUT2D eigenvalue weighted by atomic mass is 9.85. The summed E-state index contributed by atoms with van der Waals surface area (Å²) in [5.41, 5.74) is 0.703. The Bertz CT molecular complexity index is 507. The lowest BCUT2D eigenvalue weighted by Gasteiger charge is -2.48. The predicted molar refractivity (Wildman–Crippen MR) is 94.7 cm³/mol. The molecule has 0 aliphatic carbocycles. The molecule has 4 heteroatoms. The molecule has 0 atom stereocenters. The zero-order valence-corrected chi connectivity index (χ0v) is 14.3. The molecule has 1 aliphatic heterocycles. The Balaban J connectivity index is 2.32. The maximum absolute atomic E-state index is 12.7. The first-order valence-electron chi connectivity index (χ1n) is 8.37. The van der Waals surface area contributed by atoms with Crippen LogP contribution in [0.1, 0.15) is 26.2 Å². The van der Waals surface area contributed by atoms with E-state index in [-0.39, 0.29) is 11.4 Å². The molecule has 1 amide bonds. The number of anilines is 1. The zero-order chi connectivity index (χ0) is 16.7. The topological polar surface area (TPSA) is 32.8 Å². The molecule has 0 aromatic heterocycles. The van der Waals surface area contributed by atoms with Crippen molar-refractivity contribution in [2.24, 2.45) is 0 Å². The van der Waals surface area contributed by atoms with Gasteiger partial charge in [0.05, 0.1) is 12.1 Å². The fraction of sp³-hybridized carbons (Fsp3) is 0.526. The summed E-state index contributed by atoms with van der Waals surface area (Å²) in [6.45, 7) is 9.12. The molecule has 0 spiro atoms. The van der Waals surface area contributed by atoms with Crippen LogP contribution in [0.2, 0.25) is 0 Å². The minimum atomic E-state index is -0.263. The normalized spacial score (nSPS) is 17.7. The van der Waals surface area contributed by atoms with Gasteiger partial charge in [0.15, 0.2) is 0 Å². The molecule has 1 heterocycles. The van der Waals surface area contributed by atoms with Crippen LogP contribution >= 0.6 is 0 Å². The summed E-state index contributed by atoms with van der Waals surface area (Å²) in [7, 11) is 1.72. The molecular weight excluding hydrogens is 288 g/mol. The number of likely N-dealkylation sites (tertiary alicyclic amines) is 1. The van der Waals surface area contributed by atoms with Gasteiger partial charge in [0.1, 0.15) is 0 Å². The first-order chi connectivity index (χ1) is 11.2. The van der Waals surface area contributed by atoms with E-state index in [9.17, 15) is 4.79 Å². The molecule has 1 aromatic carbocycles. The molecule has 0 radical (unpaired) electrons. The highest BCUT2D eigenvalue weighted by atomic mass is 16.5. The second-order valence-electron chi connectivity index (χ2n) is 6.16. The third kappa shape index (κ3) is 4.01. The van der Waals surface area contributed by atoms with Gasteiger partial charge in [-0.2, -0.15) is 0 Å². The number of amides is 1. The zero-order valence-electron chi connectivity index (χ0n) is 14.3. The summed E-state index contributed by atoms with van der Waals surface area (Å²) in [5, 5.41) is 0. The number of ether oxygens (including phenoxy) is 1. The van der Waals surface area contributed by atoms with Crippen LogP contribution in [0.4, 0.5) is 5.69 Å². The Morgan fingerprint density at radius 3 is 2.52 bits per heavy atom. The van der Waals surface area contributed by atoms with Crippen LogP contribution in [0, 0.1) is 0 Å². The van der Waals surface area contributed by atoms with Gasteiger partial charge in [0, 0.05) is 38.9 Å². The van der Waals surface area contributed by atoms with Gasteiger partial charge in [-0.25, -0.2) is 0 Å². The third-order valence-corrected chi connectivity index (χ3v) is 4.63. The Labute approximate surface area is 139 Å². The summed E-state index contributed by atoms with van der Waals surface area (Å²) in [6.07, 6.45) is 4.26. The molecule has 0 unspecified atom stereocenters. The molecule has 0 bridgehead atoms. The number of benzene rings is 1. The van der Waals surface area contributed by atoms with Crippen molar-refractivity contribution in [2.45, 2.75) is 31.7 Å². The van der Waals surface area contributed by atoms with E-state index >= 15 is 0 Å². The molecule has 2 rings (SSSR count). The van der Waals surface area contributed by atoms with Crippen molar-refractivity contribution in [3.8, 4) is 0 Å². The average molecular weight is 316 g/mol. The summed E-state index contributed by atoms with van der Waals surface area (Å²) in [4.78, 5) is 17.1. The van der Waals surface area contributed by atoms with Gasteiger partial charge in [-0.05, 0) is 25.0 Å². The number of carbonyl (C=O) groups is 1. The van der Waals surface area contributed by atoms with Gasteiger partial charge >= 0.3 is 0 Å². The number of carbonyl (C=O) groups excluding carboxylic acids is 1. The Morgan fingerprint density at radius 2 is 2.00 bits per heavy atom. The smallest absolute Gasteiger partial charge is 0.227 e. The van der Waals surface area contributed by atoms with Crippen molar-refractivity contribution in [3.63, 3.8) is 0 Å². The molecule has 23 heavy (non-hydrogen) atoms. The molecule has 126 valence electrons. The molecular formula is C19H28N2O2. The van der Waals surface area contributed by atoms with Gasteiger partial charge < -0.3 is 9.64 Å². The maximum Gasteiger partial charge on any atom is 0.227 e. The van der Waals surface area contributed by atoms with Crippen molar-refractivity contribution < 1.29 is 9.53 Å². The van der Waals surface area contributed by atoms with Gasteiger partial charge in [-0.1, -0.05) is 31.2 Å². The highest BCUT2D eigenvalue weighted by molar-refractivity contribution is 5.94. The summed E-state index contributed by atoms with van der Waals surface area (Å²) >= 11 is 0. The Hall–Kier alpha value is -1.65. The lowest BCUT2D eigenvalue weighted by Crippen LogP contribution is -2.60. The molecule has 0 N–H and O–H groups in total. The standard InChI is InChI=1S/C19H28N2O2/c1-4-13-20-14-11-19(12-15-20,16-23-3)21(18(22)5-2)17-9-7-6-8-10-17/h4,6-10H,1,5,11-16H2,2-3H3. The number of nitrogens with zero attached hydrogens (tertiary/aromatic N) is 2. The van der Waals surface area contributed by atoms with E-state index in [1.54, 1.807) is 7.11 Å². The lowest BCUT2D eigenvalue weighted by molar-refractivity contribution is -0.120. The number of para-hydroxylation sites is 1. The van der Waals surface area contributed by atoms with Crippen LogP contribution in [-0.4, -0.2) is 49.7 Å². The highest BCUT2D eigenvalue weighted by Crippen LogP contribution is 2.34. The van der Waals surface area contributed by atoms with E-state index in [2.05, 4.69) is 11.5 Å². The first-order valence-corrected chi connectivity index (χ1v) is 8.37. The third-order valence-electron chi connectivity index (χ3n) is 4.63. The largest absolute Gasteiger partial charge is 0.382 e. The molecule has 1 aliphatic rings. The number of rotatable bonds is 7.